The van der Waals surface area contributed by atoms with Crippen LogP contribution in [0.4, 0.5) is 0 Å². The van der Waals surface area contributed by atoms with E-state index in [-0.39, 0.29) is 5.04 Å². The number of aromatic nitrogens is 1. The minimum Gasteiger partial charge on any atom is -0.411 e. The molecule has 0 aliphatic heterocycles. The number of nitrogens with zero attached hydrogens (tertiary/aromatic N) is 2. The molecule has 98 valence electrons. The predicted molar refractivity (Wildman–Crippen MR) is 75.5 cm³/mol. The van der Waals surface area contributed by atoms with Crippen LogP contribution in [0.2, 0.25) is 18.1 Å². The standard InChI is InChI=1S/C14H22N2OSi/c1-14(2,3)18(4,5)17-11-13-8-6-7-12(16-13)9-10-15/h6-8H,9,11H2,1-5H3. The number of hydrogen-bond acceptors (Lipinski definition) is 3. The van der Waals surface area contributed by atoms with Gasteiger partial charge in [0.15, 0.2) is 8.32 Å². The zero-order valence-electron chi connectivity index (χ0n) is 11.9. The Morgan fingerprint density at radius 2 is 1.89 bits per heavy atom. The van der Waals surface area contributed by atoms with E-state index >= 15 is 0 Å². The molecule has 0 unspecified atom stereocenters. The second-order valence-electron chi connectivity index (χ2n) is 6.00. The van der Waals surface area contributed by atoms with Crippen molar-refractivity contribution in [2.24, 2.45) is 0 Å². The molecule has 0 amide bonds. The molecule has 0 fully saturated rings. The third-order valence-corrected chi connectivity index (χ3v) is 7.99. The second kappa shape index (κ2) is 5.64. The van der Waals surface area contributed by atoms with E-state index in [1.54, 1.807) is 0 Å². The van der Waals surface area contributed by atoms with Gasteiger partial charge in [0.2, 0.25) is 0 Å². The summed E-state index contributed by atoms with van der Waals surface area (Å²) >= 11 is 0. The highest BCUT2D eigenvalue weighted by atomic mass is 28.4. The van der Waals surface area contributed by atoms with E-state index in [1.807, 2.05) is 18.2 Å². The van der Waals surface area contributed by atoms with Gasteiger partial charge < -0.3 is 4.43 Å². The summed E-state index contributed by atoms with van der Waals surface area (Å²) in [5.41, 5.74) is 1.72. The van der Waals surface area contributed by atoms with E-state index in [2.05, 4.69) is 44.9 Å². The molecule has 4 heteroatoms. The molecule has 0 spiro atoms. The SMILES string of the molecule is CC(C)(C)[Si](C)(C)OCc1cccc(CC#N)n1. The maximum Gasteiger partial charge on any atom is 0.192 e. The molecule has 1 aromatic heterocycles. The van der Waals surface area contributed by atoms with E-state index < -0.39 is 8.32 Å². The van der Waals surface area contributed by atoms with Gasteiger partial charge in [-0.25, -0.2) is 0 Å². The van der Waals surface area contributed by atoms with Crippen molar-refractivity contribution in [3.05, 3.63) is 29.6 Å². The molecule has 0 bridgehead atoms. The summed E-state index contributed by atoms with van der Waals surface area (Å²) in [7, 11) is -1.73. The Kier molecular flexibility index (Phi) is 4.66. The van der Waals surface area contributed by atoms with Crippen molar-refractivity contribution in [3.63, 3.8) is 0 Å². The maximum atomic E-state index is 8.66. The van der Waals surface area contributed by atoms with Gasteiger partial charge in [-0.2, -0.15) is 5.26 Å². The minimum atomic E-state index is -1.73. The molecular weight excluding hydrogens is 240 g/mol. The molecule has 1 rings (SSSR count). The van der Waals surface area contributed by atoms with Crippen molar-refractivity contribution in [1.82, 2.24) is 4.98 Å². The van der Waals surface area contributed by atoms with Crippen LogP contribution >= 0.6 is 0 Å². The molecule has 0 saturated carbocycles. The third-order valence-electron chi connectivity index (χ3n) is 3.51. The highest BCUT2D eigenvalue weighted by Gasteiger charge is 2.37. The molecule has 0 aliphatic carbocycles. The molecule has 0 saturated heterocycles. The molecule has 0 aromatic carbocycles. The lowest BCUT2D eigenvalue weighted by Crippen LogP contribution is -2.40. The number of rotatable bonds is 4. The van der Waals surface area contributed by atoms with Crippen LogP contribution in [0.5, 0.6) is 0 Å². The monoisotopic (exact) mass is 262 g/mol. The molecule has 3 nitrogen and oxygen atoms in total. The first-order chi connectivity index (χ1) is 8.26. The topological polar surface area (TPSA) is 45.9 Å². The van der Waals surface area contributed by atoms with Gasteiger partial charge in [-0.3, -0.25) is 4.98 Å². The lowest BCUT2D eigenvalue weighted by molar-refractivity contribution is 0.272. The summed E-state index contributed by atoms with van der Waals surface area (Å²) < 4.78 is 6.11. The number of hydrogen-bond donors (Lipinski definition) is 0. The second-order valence-corrected chi connectivity index (χ2v) is 10.8. The van der Waals surface area contributed by atoms with Crippen LogP contribution < -0.4 is 0 Å². The zero-order chi connectivity index (χ0) is 13.8. The molecule has 0 aliphatic rings. The van der Waals surface area contributed by atoms with Crippen LogP contribution in [-0.4, -0.2) is 13.3 Å². The summed E-state index contributed by atoms with van der Waals surface area (Å²) in [6.07, 6.45) is 0.355. The van der Waals surface area contributed by atoms with Crippen molar-refractivity contribution < 1.29 is 4.43 Å². The third kappa shape index (κ3) is 3.93. The van der Waals surface area contributed by atoms with Crippen molar-refractivity contribution in [1.29, 1.82) is 5.26 Å². The smallest absolute Gasteiger partial charge is 0.192 e. The molecule has 1 aromatic rings. The maximum absolute atomic E-state index is 8.66. The fourth-order valence-electron chi connectivity index (χ4n) is 1.26. The van der Waals surface area contributed by atoms with Gasteiger partial charge in [-0.15, -0.1) is 0 Å². The Morgan fingerprint density at radius 3 is 2.44 bits per heavy atom. The first-order valence-corrected chi connectivity index (χ1v) is 9.13. The molecule has 0 radical (unpaired) electrons. The van der Waals surface area contributed by atoms with Gasteiger partial charge in [0.25, 0.3) is 0 Å². The average molecular weight is 262 g/mol. The Bertz CT molecular complexity index is 444. The fraction of sp³-hybridized carbons (Fsp3) is 0.571. The van der Waals surface area contributed by atoms with Gasteiger partial charge in [0.05, 0.1) is 30.5 Å². The largest absolute Gasteiger partial charge is 0.411 e. The van der Waals surface area contributed by atoms with Gasteiger partial charge in [0, 0.05) is 0 Å². The van der Waals surface area contributed by atoms with Crippen molar-refractivity contribution in [3.8, 4) is 6.07 Å². The first-order valence-electron chi connectivity index (χ1n) is 6.22. The predicted octanol–water partition coefficient (Wildman–Crippen LogP) is 3.67. The van der Waals surface area contributed by atoms with E-state index in [4.69, 9.17) is 9.69 Å². The lowest BCUT2D eigenvalue weighted by atomic mass is 10.2. The summed E-state index contributed by atoms with van der Waals surface area (Å²) in [5, 5.41) is 8.87. The molecule has 0 atom stereocenters. The number of nitriles is 1. The van der Waals surface area contributed by atoms with E-state index in [0.29, 0.717) is 13.0 Å². The van der Waals surface area contributed by atoms with Crippen LogP contribution in [0.25, 0.3) is 0 Å². The summed E-state index contributed by atoms with van der Waals surface area (Å²) in [6.45, 7) is 11.7. The lowest BCUT2D eigenvalue weighted by Gasteiger charge is -2.36. The quantitative estimate of drug-likeness (QED) is 0.778. The van der Waals surface area contributed by atoms with E-state index in [1.165, 1.54) is 0 Å². The van der Waals surface area contributed by atoms with Gasteiger partial charge >= 0.3 is 0 Å². The van der Waals surface area contributed by atoms with Crippen molar-refractivity contribution in [2.75, 3.05) is 0 Å². The Labute approximate surface area is 111 Å². The molecular formula is C14H22N2OSi. The van der Waals surface area contributed by atoms with Crippen LogP contribution in [0, 0.1) is 11.3 Å². The van der Waals surface area contributed by atoms with Crippen LogP contribution in [0.3, 0.4) is 0 Å². The van der Waals surface area contributed by atoms with Gasteiger partial charge in [0.1, 0.15) is 0 Å². The highest BCUT2D eigenvalue weighted by molar-refractivity contribution is 6.74. The van der Waals surface area contributed by atoms with Gasteiger partial charge in [-0.1, -0.05) is 26.8 Å². The van der Waals surface area contributed by atoms with Crippen LogP contribution in [0.15, 0.2) is 18.2 Å². The summed E-state index contributed by atoms with van der Waals surface area (Å²) in [4.78, 5) is 4.42. The number of pyridine rings is 1. The minimum absolute atomic E-state index is 0.206. The molecule has 0 N–H and O–H groups in total. The average Bonchev–Trinajstić information content (AvgIpc) is 2.26. The molecule has 1 heterocycles. The van der Waals surface area contributed by atoms with Crippen molar-refractivity contribution >= 4 is 8.32 Å². The molecule has 18 heavy (non-hydrogen) atoms. The summed E-state index contributed by atoms with van der Waals surface area (Å²) in [6, 6.07) is 7.87. The van der Waals surface area contributed by atoms with Crippen LogP contribution in [0.1, 0.15) is 32.2 Å². The first kappa shape index (κ1) is 14.9. The Morgan fingerprint density at radius 1 is 1.28 bits per heavy atom. The highest BCUT2D eigenvalue weighted by Crippen LogP contribution is 2.36. The van der Waals surface area contributed by atoms with E-state index in [9.17, 15) is 0 Å². The van der Waals surface area contributed by atoms with Crippen molar-refractivity contribution in [2.45, 2.75) is 51.9 Å². The summed E-state index contributed by atoms with van der Waals surface area (Å²) in [5.74, 6) is 0. The normalized spacial score (nSPS) is 12.2. The zero-order valence-corrected chi connectivity index (χ0v) is 12.9. The fourth-order valence-corrected chi connectivity index (χ4v) is 2.20. The Hall–Kier alpha value is -1.18. The van der Waals surface area contributed by atoms with Crippen LogP contribution in [-0.2, 0) is 17.5 Å². The van der Waals surface area contributed by atoms with Gasteiger partial charge in [-0.05, 0) is 30.3 Å². The van der Waals surface area contributed by atoms with E-state index in [0.717, 1.165) is 11.4 Å². The Balaban J connectivity index is 2.70.